The van der Waals surface area contributed by atoms with Gasteiger partial charge in [0.2, 0.25) is 0 Å². The van der Waals surface area contributed by atoms with Gasteiger partial charge in [-0.25, -0.2) is 15.2 Å². The molecule has 1 aliphatic rings. The van der Waals surface area contributed by atoms with Crippen LogP contribution in [-0.4, -0.2) is 29.3 Å². The van der Waals surface area contributed by atoms with Crippen LogP contribution in [0.15, 0.2) is 0 Å². The normalized spacial score (nSPS) is 32.0. The Labute approximate surface area is 85.6 Å². The van der Waals surface area contributed by atoms with Gasteiger partial charge in [-0.1, -0.05) is 6.92 Å². The van der Waals surface area contributed by atoms with Crippen molar-refractivity contribution in [2.75, 3.05) is 6.61 Å². The highest BCUT2D eigenvalue weighted by Crippen LogP contribution is 2.26. The first-order valence-corrected chi connectivity index (χ1v) is 5.26. The van der Waals surface area contributed by atoms with Gasteiger partial charge in [-0.3, -0.25) is 0 Å². The molecule has 14 heavy (non-hydrogen) atoms. The van der Waals surface area contributed by atoms with E-state index < -0.39 is 0 Å². The average molecular weight is 200 g/mol. The van der Waals surface area contributed by atoms with Crippen LogP contribution in [0.1, 0.15) is 40.5 Å². The first kappa shape index (κ1) is 11.3. The van der Waals surface area contributed by atoms with Crippen molar-refractivity contribution in [2.45, 2.75) is 52.1 Å². The van der Waals surface area contributed by atoms with E-state index in [1.807, 2.05) is 13.8 Å². The van der Waals surface area contributed by atoms with E-state index in [0.29, 0.717) is 6.61 Å². The molecular weight excluding hydrogens is 180 g/mol. The molecule has 0 spiro atoms. The summed E-state index contributed by atoms with van der Waals surface area (Å²) in [5.41, 5.74) is 3.24. The number of hydrogen-bond acceptors (Lipinski definition) is 3. The molecule has 1 N–H and O–H groups in total. The topological polar surface area (TPSA) is 41.6 Å². The third kappa shape index (κ3) is 2.18. The largest absolute Gasteiger partial charge is 0.449 e. The maximum atomic E-state index is 11.5. The van der Waals surface area contributed by atoms with Crippen LogP contribution in [0.25, 0.3) is 0 Å². The SMILES string of the molecule is CCOC(=O)N1NC(C)(CC)CC1C. The highest BCUT2D eigenvalue weighted by atomic mass is 16.6. The molecule has 0 aromatic rings. The number of carbonyl (C=O) groups is 1. The van der Waals surface area contributed by atoms with Crippen LogP contribution in [0.2, 0.25) is 0 Å². The molecule has 0 aliphatic carbocycles. The van der Waals surface area contributed by atoms with Gasteiger partial charge in [0.15, 0.2) is 0 Å². The third-order valence-corrected chi connectivity index (χ3v) is 2.82. The molecule has 1 amide bonds. The molecule has 1 heterocycles. The van der Waals surface area contributed by atoms with Crippen molar-refractivity contribution in [1.82, 2.24) is 10.4 Å². The average Bonchev–Trinajstić information content (AvgIpc) is 2.43. The molecule has 1 aliphatic heterocycles. The summed E-state index contributed by atoms with van der Waals surface area (Å²) in [5.74, 6) is 0. The number of nitrogens with one attached hydrogen (secondary N) is 1. The zero-order valence-electron chi connectivity index (χ0n) is 9.46. The highest BCUT2D eigenvalue weighted by molar-refractivity contribution is 5.67. The van der Waals surface area contributed by atoms with E-state index in [1.165, 1.54) is 0 Å². The lowest BCUT2D eigenvalue weighted by Crippen LogP contribution is -2.47. The van der Waals surface area contributed by atoms with Crippen molar-refractivity contribution in [1.29, 1.82) is 0 Å². The summed E-state index contributed by atoms with van der Waals surface area (Å²) in [7, 11) is 0. The van der Waals surface area contributed by atoms with Gasteiger partial charge in [-0.05, 0) is 33.6 Å². The molecule has 1 fully saturated rings. The maximum Gasteiger partial charge on any atom is 0.424 e. The van der Waals surface area contributed by atoms with Crippen molar-refractivity contribution < 1.29 is 9.53 Å². The number of amides is 1. The van der Waals surface area contributed by atoms with Crippen LogP contribution in [0, 0.1) is 0 Å². The summed E-state index contributed by atoms with van der Waals surface area (Å²) in [6.45, 7) is 8.52. The third-order valence-electron chi connectivity index (χ3n) is 2.82. The fraction of sp³-hybridized carbons (Fsp3) is 0.900. The number of nitrogens with zero attached hydrogens (tertiary/aromatic N) is 1. The predicted octanol–water partition coefficient (Wildman–Crippen LogP) is 1.91. The number of rotatable bonds is 2. The van der Waals surface area contributed by atoms with Crippen molar-refractivity contribution in [3.63, 3.8) is 0 Å². The van der Waals surface area contributed by atoms with Gasteiger partial charge in [-0.2, -0.15) is 0 Å². The van der Waals surface area contributed by atoms with E-state index in [9.17, 15) is 4.79 Å². The van der Waals surface area contributed by atoms with Gasteiger partial charge in [0.05, 0.1) is 12.6 Å². The fourth-order valence-electron chi connectivity index (χ4n) is 1.83. The van der Waals surface area contributed by atoms with Crippen molar-refractivity contribution in [2.24, 2.45) is 0 Å². The van der Waals surface area contributed by atoms with Gasteiger partial charge in [0.1, 0.15) is 0 Å². The number of hydrogen-bond donors (Lipinski definition) is 1. The van der Waals surface area contributed by atoms with Crippen LogP contribution >= 0.6 is 0 Å². The van der Waals surface area contributed by atoms with E-state index >= 15 is 0 Å². The Morgan fingerprint density at radius 1 is 1.64 bits per heavy atom. The molecular formula is C10H20N2O2. The number of carbonyl (C=O) groups excluding carboxylic acids is 1. The van der Waals surface area contributed by atoms with Crippen LogP contribution in [0.5, 0.6) is 0 Å². The molecule has 2 unspecified atom stereocenters. The lowest BCUT2D eigenvalue weighted by Gasteiger charge is -2.24. The second-order valence-corrected chi connectivity index (χ2v) is 4.15. The summed E-state index contributed by atoms with van der Waals surface area (Å²) in [6.07, 6.45) is 1.72. The summed E-state index contributed by atoms with van der Waals surface area (Å²) in [5, 5.41) is 1.60. The standard InChI is InChI=1S/C10H20N2O2/c1-5-10(4)7-8(3)12(11-10)9(13)14-6-2/h8,11H,5-7H2,1-4H3. The Morgan fingerprint density at radius 2 is 2.29 bits per heavy atom. The van der Waals surface area contributed by atoms with E-state index in [0.717, 1.165) is 12.8 Å². The Hall–Kier alpha value is -0.770. The number of ether oxygens (including phenoxy) is 1. The highest BCUT2D eigenvalue weighted by Gasteiger charge is 2.39. The summed E-state index contributed by atoms with van der Waals surface area (Å²) >= 11 is 0. The second kappa shape index (κ2) is 4.17. The number of hydrazine groups is 1. The molecule has 0 aromatic heterocycles. The van der Waals surface area contributed by atoms with E-state index in [2.05, 4.69) is 19.3 Å². The van der Waals surface area contributed by atoms with Gasteiger partial charge < -0.3 is 4.74 Å². The Kier molecular flexibility index (Phi) is 3.37. The Balaban J connectivity index is 2.60. The Morgan fingerprint density at radius 3 is 2.71 bits per heavy atom. The molecule has 0 aromatic carbocycles. The van der Waals surface area contributed by atoms with Gasteiger partial charge in [0, 0.05) is 5.54 Å². The van der Waals surface area contributed by atoms with E-state index in [4.69, 9.17) is 4.74 Å². The maximum absolute atomic E-state index is 11.5. The molecule has 1 saturated heterocycles. The van der Waals surface area contributed by atoms with Crippen molar-refractivity contribution in [3.8, 4) is 0 Å². The quantitative estimate of drug-likeness (QED) is 0.740. The minimum atomic E-state index is -0.267. The zero-order valence-corrected chi connectivity index (χ0v) is 9.46. The predicted molar refractivity (Wildman–Crippen MR) is 54.8 cm³/mol. The molecule has 0 saturated carbocycles. The first-order chi connectivity index (χ1) is 6.52. The minimum Gasteiger partial charge on any atom is -0.449 e. The molecule has 82 valence electrons. The Bertz CT molecular complexity index is 220. The van der Waals surface area contributed by atoms with Crippen LogP contribution in [0.4, 0.5) is 4.79 Å². The molecule has 4 heteroatoms. The van der Waals surface area contributed by atoms with Crippen LogP contribution < -0.4 is 5.43 Å². The smallest absolute Gasteiger partial charge is 0.424 e. The van der Waals surface area contributed by atoms with E-state index in [-0.39, 0.29) is 17.7 Å². The van der Waals surface area contributed by atoms with Crippen molar-refractivity contribution in [3.05, 3.63) is 0 Å². The van der Waals surface area contributed by atoms with E-state index in [1.54, 1.807) is 5.01 Å². The zero-order chi connectivity index (χ0) is 10.8. The summed E-state index contributed by atoms with van der Waals surface area (Å²) < 4.78 is 4.96. The minimum absolute atomic E-state index is 0.0339. The molecule has 0 bridgehead atoms. The van der Waals surface area contributed by atoms with Gasteiger partial charge in [-0.15, -0.1) is 0 Å². The molecule has 1 rings (SSSR count). The second-order valence-electron chi connectivity index (χ2n) is 4.15. The molecule has 4 nitrogen and oxygen atoms in total. The summed E-state index contributed by atoms with van der Waals surface area (Å²) in [6, 6.07) is 0.207. The van der Waals surface area contributed by atoms with Gasteiger partial charge in [0.25, 0.3) is 0 Å². The first-order valence-electron chi connectivity index (χ1n) is 5.26. The fourth-order valence-corrected chi connectivity index (χ4v) is 1.83. The summed E-state index contributed by atoms with van der Waals surface area (Å²) in [4.78, 5) is 11.5. The molecule has 0 radical (unpaired) electrons. The monoisotopic (exact) mass is 200 g/mol. The molecule has 2 atom stereocenters. The lowest BCUT2D eigenvalue weighted by molar-refractivity contribution is 0.0806. The van der Waals surface area contributed by atoms with Crippen molar-refractivity contribution >= 4 is 6.09 Å². The van der Waals surface area contributed by atoms with Crippen LogP contribution in [-0.2, 0) is 4.74 Å². The lowest BCUT2D eigenvalue weighted by atomic mass is 9.94. The van der Waals surface area contributed by atoms with Crippen LogP contribution in [0.3, 0.4) is 0 Å². The van der Waals surface area contributed by atoms with Gasteiger partial charge >= 0.3 is 6.09 Å².